The van der Waals surface area contributed by atoms with Crippen LogP contribution in [-0.4, -0.2) is 11.1 Å². The van der Waals surface area contributed by atoms with Gasteiger partial charge in [-0.15, -0.1) is 0 Å². The van der Waals surface area contributed by atoms with Crippen LogP contribution in [0.4, 0.5) is 0 Å². The average Bonchev–Trinajstić information content (AvgIpc) is 2.46. The first kappa shape index (κ1) is 14.1. The van der Waals surface area contributed by atoms with Crippen molar-refractivity contribution in [2.75, 3.05) is 5.33 Å². The first-order chi connectivity index (χ1) is 9.20. The van der Waals surface area contributed by atoms with Crippen LogP contribution in [0.2, 0.25) is 5.02 Å². The van der Waals surface area contributed by atoms with Crippen LogP contribution in [-0.2, 0) is 6.61 Å². The Kier molecular flexibility index (Phi) is 5.00. The van der Waals surface area contributed by atoms with Gasteiger partial charge in [-0.2, -0.15) is 0 Å². The SMILES string of the molecule is O=C(CBr)c1ccc(OCc2ccccc2Cl)cc1. The summed E-state index contributed by atoms with van der Waals surface area (Å²) in [5.74, 6) is 0.767. The number of Topliss-reactive ketones (excluding diaryl/α,β-unsaturated/α-hetero) is 1. The summed E-state index contributed by atoms with van der Waals surface area (Å²) in [4.78, 5) is 11.4. The van der Waals surface area contributed by atoms with Crippen molar-refractivity contribution in [1.29, 1.82) is 0 Å². The molecule has 0 spiro atoms. The largest absolute Gasteiger partial charge is 0.489 e. The Morgan fingerprint density at radius 1 is 1.11 bits per heavy atom. The molecule has 2 aromatic carbocycles. The van der Waals surface area contributed by atoms with E-state index >= 15 is 0 Å². The molecule has 0 radical (unpaired) electrons. The van der Waals surface area contributed by atoms with E-state index in [1.54, 1.807) is 24.3 Å². The lowest BCUT2D eigenvalue weighted by molar-refractivity contribution is 0.102. The van der Waals surface area contributed by atoms with Gasteiger partial charge in [0, 0.05) is 16.1 Å². The Morgan fingerprint density at radius 2 is 1.79 bits per heavy atom. The Morgan fingerprint density at radius 3 is 2.42 bits per heavy atom. The second-order valence-electron chi connectivity index (χ2n) is 3.96. The number of carbonyl (C=O) groups is 1. The summed E-state index contributed by atoms with van der Waals surface area (Å²) in [7, 11) is 0. The van der Waals surface area contributed by atoms with E-state index in [0.717, 1.165) is 5.56 Å². The Labute approximate surface area is 125 Å². The van der Waals surface area contributed by atoms with Gasteiger partial charge in [0.1, 0.15) is 12.4 Å². The van der Waals surface area contributed by atoms with Gasteiger partial charge in [0.25, 0.3) is 0 Å². The maximum absolute atomic E-state index is 11.4. The highest BCUT2D eigenvalue weighted by atomic mass is 79.9. The number of rotatable bonds is 5. The number of alkyl halides is 1. The van der Waals surface area contributed by atoms with Gasteiger partial charge in [0.15, 0.2) is 5.78 Å². The number of benzene rings is 2. The van der Waals surface area contributed by atoms with E-state index in [1.165, 1.54) is 0 Å². The molecule has 0 N–H and O–H groups in total. The lowest BCUT2D eigenvalue weighted by Gasteiger charge is -2.08. The quantitative estimate of drug-likeness (QED) is 0.592. The highest BCUT2D eigenvalue weighted by molar-refractivity contribution is 9.09. The summed E-state index contributed by atoms with van der Waals surface area (Å²) in [6, 6.07) is 14.6. The van der Waals surface area contributed by atoms with E-state index in [-0.39, 0.29) is 5.78 Å². The topological polar surface area (TPSA) is 26.3 Å². The monoisotopic (exact) mass is 338 g/mol. The summed E-state index contributed by atoms with van der Waals surface area (Å²) in [6.45, 7) is 0.408. The predicted molar refractivity (Wildman–Crippen MR) is 80.4 cm³/mol. The number of ether oxygens (including phenoxy) is 1. The molecule has 0 aromatic heterocycles. The zero-order valence-electron chi connectivity index (χ0n) is 10.1. The fourth-order valence-electron chi connectivity index (χ4n) is 1.59. The molecule has 0 aliphatic heterocycles. The summed E-state index contributed by atoms with van der Waals surface area (Å²) < 4.78 is 5.63. The van der Waals surface area contributed by atoms with E-state index in [1.807, 2.05) is 24.3 Å². The first-order valence-corrected chi connectivity index (χ1v) is 7.26. The van der Waals surface area contributed by atoms with Crippen molar-refractivity contribution >= 4 is 33.3 Å². The molecule has 2 aromatic rings. The molecule has 0 aliphatic carbocycles. The molecule has 19 heavy (non-hydrogen) atoms. The van der Waals surface area contributed by atoms with Crippen LogP contribution in [0.1, 0.15) is 15.9 Å². The van der Waals surface area contributed by atoms with Gasteiger partial charge < -0.3 is 4.74 Å². The number of hydrogen-bond donors (Lipinski definition) is 0. The van der Waals surface area contributed by atoms with Gasteiger partial charge in [-0.25, -0.2) is 0 Å². The lowest BCUT2D eigenvalue weighted by Crippen LogP contribution is -2.00. The van der Waals surface area contributed by atoms with Crippen LogP contribution in [0.5, 0.6) is 5.75 Å². The van der Waals surface area contributed by atoms with Crippen LogP contribution in [0.3, 0.4) is 0 Å². The number of carbonyl (C=O) groups excluding carboxylic acids is 1. The molecule has 0 saturated carbocycles. The highest BCUT2D eigenvalue weighted by Crippen LogP contribution is 2.19. The summed E-state index contributed by atoms with van der Waals surface area (Å²) in [6.07, 6.45) is 0. The van der Waals surface area contributed by atoms with Gasteiger partial charge in [0.2, 0.25) is 0 Å². The molecule has 0 unspecified atom stereocenters. The molecule has 0 fully saturated rings. The van der Waals surface area contributed by atoms with Crippen LogP contribution in [0.25, 0.3) is 0 Å². The second-order valence-corrected chi connectivity index (χ2v) is 4.93. The molecular formula is C15H12BrClO2. The van der Waals surface area contributed by atoms with Crippen LogP contribution < -0.4 is 4.74 Å². The van der Waals surface area contributed by atoms with E-state index in [0.29, 0.717) is 28.3 Å². The van der Waals surface area contributed by atoms with Gasteiger partial charge in [-0.1, -0.05) is 45.7 Å². The third kappa shape index (κ3) is 3.82. The maximum atomic E-state index is 11.4. The van der Waals surface area contributed by atoms with Gasteiger partial charge in [-0.3, -0.25) is 4.79 Å². The first-order valence-electron chi connectivity index (χ1n) is 5.76. The molecule has 0 heterocycles. The molecule has 0 saturated heterocycles. The molecule has 0 amide bonds. The molecule has 0 bridgehead atoms. The van der Waals surface area contributed by atoms with Crippen LogP contribution in [0, 0.1) is 0 Å². The van der Waals surface area contributed by atoms with Gasteiger partial charge in [-0.05, 0) is 30.3 Å². The minimum absolute atomic E-state index is 0.0534. The Bertz CT molecular complexity index is 567. The molecule has 2 rings (SSSR count). The maximum Gasteiger partial charge on any atom is 0.173 e. The lowest BCUT2D eigenvalue weighted by atomic mass is 10.1. The Balaban J connectivity index is 2.01. The van der Waals surface area contributed by atoms with Crippen LogP contribution >= 0.6 is 27.5 Å². The Hall–Kier alpha value is -1.32. The summed E-state index contributed by atoms with van der Waals surface area (Å²) in [5.41, 5.74) is 1.60. The molecule has 0 atom stereocenters. The normalized spacial score (nSPS) is 10.2. The second kappa shape index (κ2) is 6.73. The number of halogens is 2. The van der Waals surface area contributed by atoms with E-state index in [4.69, 9.17) is 16.3 Å². The van der Waals surface area contributed by atoms with Crippen molar-refractivity contribution in [3.63, 3.8) is 0 Å². The molecule has 4 heteroatoms. The van der Waals surface area contributed by atoms with Crippen molar-refractivity contribution in [3.05, 3.63) is 64.7 Å². The van der Waals surface area contributed by atoms with Crippen molar-refractivity contribution in [2.45, 2.75) is 6.61 Å². The van der Waals surface area contributed by atoms with E-state index in [2.05, 4.69) is 15.9 Å². The summed E-state index contributed by atoms with van der Waals surface area (Å²) in [5, 5.41) is 1.01. The molecule has 0 aliphatic rings. The van der Waals surface area contributed by atoms with Crippen LogP contribution in [0.15, 0.2) is 48.5 Å². The molecular weight excluding hydrogens is 328 g/mol. The minimum Gasteiger partial charge on any atom is -0.489 e. The third-order valence-electron chi connectivity index (χ3n) is 2.65. The number of hydrogen-bond acceptors (Lipinski definition) is 2. The highest BCUT2D eigenvalue weighted by Gasteiger charge is 2.04. The fraction of sp³-hybridized carbons (Fsp3) is 0.133. The standard InChI is InChI=1S/C15H12BrClO2/c16-9-15(18)11-5-7-13(8-6-11)19-10-12-3-1-2-4-14(12)17/h1-8H,9-10H2. The van der Waals surface area contributed by atoms with Crippen molar-refractivity contribution in [1.82, 2.24) is 0 Å². The predicted octanol–water partition coefficient (Wildman–Crippen LogP) is 4.50. The van der Waals surface area contributed by atoms with Crippen molar-refractivity contribution in [3.8, 4) is 5.75 Å². The van der Waals surface area contributed by atoms with Crippen molar-refractivity contribution in [2.24, 2.45) is 0 Å². The van der Waals surface area contributed by atoms with E-state index in [9.17, 15) is 4.79 Å². The average molecular weight is 340 g/mol. The molecule has 2 nitrogen and oxygen atoms in total. The zero-order chi connectivity index (χ0) is 13.7. The summed E-state index contributed by atoms with van der Waals surface area (Å²) >= 11 is 9.19. The third-order valence-corrected chi connectivity index (χ3v) is 3.53. The zero-order valence-corrected chi connectivity index (χ0v) is 12.4. The van der Waals surface area contributed by atoms with E-state index < -0.39 is 0 Å². The smallest absolute Gasteiger partial charge is 0.173 e. The minimum atomic E-state index is 0.0534. The van der Waals surface area contributed by atoms with Gasteiger partial charge >= 0.3 is 0 Å². The number of ketones is 1. The molecule has 98 valence electrons. The van der Waals surface area contributed by atoms with Gasteiger partial charge in [0.05, 0.1) is 5.33 Å². The van der Waals surface area contributed by atoms with Crippen molar-refractivity contribution < 1.29 is 9.53 Å². The fourth-order valence-corrected chi connectivity index (χ4v) is 2.10.